The van der Waals surface area contributed by atoms with Crippen LogP contribution >= 0.6 is 0 Å². The summed E-state index contributed by atoms with van der Waals surface area (Å²) in [5, 5.41) is 0. The number of rotatable bonds is 2. The number of hydrogen-bond donors (Lipinski definition) is 0. The lowest BCUT2D eigenvalue weighted by molar-refractivity contribution is -0.148. The first-order chi connectivity index (χ1) is 6.70. The van der Waals surface area contributed by atoms with Crippen molar-refractivity contribution in [3.05, 3.63) is 12.2 Å². The molecule has 2 heteroatoms. The maximum absolute atomic E-state index is 11.5. The molecule has 0 bridgehead atoms. The molecule has 1 atom stereocenters. The molecular formula is C13H22O2. The number of ether oxygens (including phenoxy) is 1. The van der Waals surface area contributed by atoms with Crippen LogP contribution < -0.4 is 0 Å². The molecule has 0 radical (unpaired) electrons. The number of allylic oxidation sites excluding steroid dienone is 2. The number of carbonyl (C=O) groups excluding carboxylic acids is 1. The summed E-state index contributed by atoms with van der Waals surface area (Å²) in [4.78, 5) is 11.5. The van der Waals surface area contributed by atoms with Gasteiger partial charge in [-0.2, -0.15) is 0 Å². The van der Waals surface area contributed by atoms with Gasteiger partial charge >= 0.3 is 5.97 Å². The monoisotopic (exact) mass is 210 g/mol. The Morgan fingerprint density at radius 1 is 1.47 bits per heavy atom. The van der Waals surface area contributed by atoms with Crippen LogP contribution in [0.5, 0.6) is 0 Å². The average Bonchev–Trinajstić information content (AvgIpc) is 2.22. The lowest BCUT2D eigenvalue weighted by Crippen LogP contribution is -2.17. The minimum atomic E-state index is -0.267. The second kappa shape index (κ2) is 3.99. The van der Waals surface area contributed by atoms with Crippen molar-refractivity contribution in [3.63, 3.8) is 0 Å². The number of esters is 1. The van der Waals surface area contributed by atoms with E-state index >= 15 is 0 Å². The van der Waals surface area contributed by atoms with Gasteiger partial charge in [-0.15, -0.1) is 0 Å². The Labute approximate surface area is 92.7 Å². The standard InChI is InChI=1S/C13H22O2/c1-12(2,3)8-6-7-10-9-13(4,5)15-11(10)14/h6,8,10H,7,9H2,1-5H3/b8-6+. The molecule has 1 aliphatic heterocycles. The lowest BCUT2D eigenvalue weighted by Gasteiger charge is -2.14. The molecule has 0 N–H and O–H groups in total. The maximum atomic E-state index is 11.5. The van der Waals surface area contributed by atoms with Crippen LogP contribution in [0.4, 0.5) is 0 Å². The molecule has 0 aromatic rings. The van der Waals surface area contributed by atoms with Gasteiger partial charge in [0.25, 0.3) is 0 Å². The van der Waals surface area contributed by atoms with Gasteiger partial charge in [0.05, 0.1) is 5.92 Å². The fourth-order valence-corrected chi connectivity index (χ4v) is 1.84. The third kappa shape index (κ3) is 4.06. The Hall–Kier alpha value is -0.790. The van der Waals surface area contributed by atoms with Crippen LogP contribution in [0.1, 0.15) is 47.5 Å². The van der Waals surface area contributed by atoms with Gasteiger partial charge in [0, 0.05) is 6.42 Å². The van der Waals surface area contributed by atoms with Crippen molar-refractivity contribution in [2.75, 3.05) is 0 Å². The molecule has 1 aliphatic rings. The first-order valence-electron chi connectivity index (χ1n) is 5.60. The number of carbonyl (C=O) groups is 1. The van der Waals surface area contributed by atoms with E-state index in [4.69, 9.17) is 4.74 Å². The fraction of sp³-hybridized carbons (Fsp3) is 0.769. The molecule has 1 saturated heterocycles. The zero-order valence-electron chi connectivity index (χ0n) is 10.5. The van der Waals surface area contributed by atoms with Gasteiger partial charge in [0.15, 0.2) is 0 Å². The Balaban J connectivity index is 2.48. The van der Waals surface area contributed by atoms with Gasteiger partial charge in [-0.3, -0.25) is 4.79 Å². The van der Waals surface area contributed by atoms with Crippen molar-refractivity contribution < 1.29 is 9.53 Å². The minimum Gasteiger partial charge on any atom is -0.459 e. The van der Waals surface area contributed by atoms with Gasteiger partial charge in [-0.1, -0.05) is 32.9 Å². The van der Waals surface area contributed by atoms with Crippen molar-refractivity contribution in [2.45, 2.75) is 53.1 Å². The molecule has 0 spiro atoms. The minimum absolute atomic E-state index is 0.0430. The quantitative estimate of drug-likeness (QED) is 0.516. The Morgan fingerprint density at radius 2 is 2.07 bits per heavy atom. The van der Waals surface area contributed by atoms with Gasteiger partial charge < -0.3 is 4.74 Å². The molecule has 0 aromatic heterocycles. The van der Waals surface area contributed by atoms with Crippen molar-refractivity contribution in [2.24, 2.45) is 11.3 Å². The molecule has 0 amide bonds. The largest absolute Gasteiger partial charge is 0.459 e. The van der Waals surface area contributed by atoms with Crippen molar-refractivity contribution in [1.82, 2.24) is 0 Å². The lowest BCUT2D eigenvalue weighted by atomic mass is 9.92. The summed E-state index contributed by atoms with van der Waals surface area (Å²) in [7, 11) is 0. The number of hydrogen-bond acceptors (Lipinski definition) is 2. The maximum Gasteiger partial charge on any atom is 0.309 e. The van der Waals surface area contributed by atoms with E-state index in [0.29, 0.717) is 0 Å². The van der Waals surface area contributed by atoms with E-state index in [1.807, 2.05) is 13.8 Å². The summed E-state index contributed by atoms with van der Waals surface area (Å²) in [6.07, 6.45) is 5.90. The third-order valence-corrected chi connectivity index (χ3v) is 2.49. The summed E-state index contributed by atoms with van der Waals surface area (Å²) in [5.74, 6) is 0.0113. The van der Waals surface area contributed by atoms with Gasteiger partial charge in [0.2, 0.25) is 0 Å². The van der Waals surface area contributed by atoms with Crippen LogP contribution in [0.25, 0.3) is 0 Å². The van der Waals surface area contributed by atoms with E-state index in [2.05, 4.69) is 32.9 Å². The van der Waals surface area contributed by atoms with E-state index in [1.54, 1.807) is 0 Å². The van der Waals surface area contributed by atoms with Crippen LogP contribution in [0, 0.1) is 11.3 Å². The SMILES string of the molecule is CC(C)(C)/C=C/CC1CC(C)(C)OC1=O. The zero-order chi connectivity index (χ0) is 11.7. The highest BCUT2D eigenvalue weighted by atomic mass is 16.6. The van der Waals surface area contributed by atoms with E-state index in [-0.39, 0.29) is 22.9 Å². The average molecular weight is 210 g/mol. The normalized spacial score (nSPS) is 25.9. The van der Waals surface area contributed by atoms with Crippen LogP contribution in [-0.4, -0.2) is 11.6 Å². The molecule has 0 saturated carbocycles. The van der Waals surface area contributed by atoms with Crippen LogP contribution in [0.2, 0.25) is 0 Å². The molecule has 0 aromatic carbocycles. The highest BCUT2D eigenvalue weighted by molar-refractivity contribution is 5.75. The Bertz CT molecular complexity index is 269. The van der Waals surface area contributed by atoms with Gasteiger partial charge in [-0.05, 0) is 25.7 Å². The van der Waals surface area contributed by atoms with Crippen LogP contribution in [0.3, 0.4) is 0 Å². The van der Waals surface area contributed by atoms with E-state index in [1.165, 1.54) is 0 Å². The second-order valence-corrected chi connectivity index (χ2v) is 6.09. The predicted octanol–water partition coefficient (Wildman–Crippen LogP) is 3.32. The Kier molecular flexibility index (Phi) is 3.27. The molecule has 1 heterocycles. The van der Waals surface area contributed by atoms with Gasteiger partial charge in [0.1, 0.15) is 5.60 Å². The highest BCUT2D eigenvalue weighted by Crippen LogP contribution is 2.32. The van der Waals surface area contributed by atoms with Crippen LogP contribution in [0.15, 0.2) is 12.2 Å². The first kappa shape index (κ1) is 12.3. The van der Waals surface area contributed by atoms with E-state index < -0.39 is 0 Å². The first-order valence-corrected chi connectivity index (χ1v) is 5.60. The zero-order valence-corrected chi connectivity index (χ0v) is 10.5. The highest BCUT2D eigenvalue weighted by Gasteiger charge is 2.38. The van der Waals surface area contributed by atoms with E-state index in [9.17, 15) is 4.79 Å². The second-order valence-electron chi connectivity index (χ2n) is 6.09. The summed E-state index contributed by atoms with van der Waals surface area (Å²) >= 11 is 0. The molecule has 0 aliphatic carbocycles. The molecule has 1 fully saturated rings. The summed E-state index contributed by atoms with van der Waals surface area (Å²) in [6.45, 7) is 10.4. The van der Waals surface area contributed by atoms with Gasteiger partial charge in [-0.25, -0.2) is 0 Å². The van der Waals surface area contributed by atoms with E-state index in [0.717, 1.165) is 12.8 Å². The van der Waals surface area contributed by atoms with Crippen molar-refractivity contribution in [3.8, 4) is 0 Å². The van der Waals surface area contributed by atoms with Crippen molar-refractivity contribution in [1.29, 1.82) is 0 Å². The van der Waals surface area contributed by atoms with Crippen molar-refractivity contribution >= 4 is 5.97 Å². The molecule has 1 rings (SSSR count). The topological polar surface area (TPSA) is 26.3 Å². The summed E-state index contributed by atoms with van der Waals surface area (Å²) in [5.41, 5.74) is -0.0741. The summed E-state index contributed by atoms with van der Waals surface area (Å²) < 4.78 is 5.27. The Morgan fingerprint density at radius 3 is 2.47 bits per heavy atom. The third-order valence-electron chi connectivity index (χ3n) is 2.49. The molecule has 2 nitrogen and oxygen atoms in total. The molecule has 15 heavy (non-hydrogen) atoms. The predicted molar refractivity (Wildman–Crippen MR) is 61.5 cm³/mol. The smallest absolute Gasteiger partial charge is 0.309 e. The van der Waals surface area contributed by atoms with Crippen LogP contribution in [-0.2, 0) is 9.53 Å². The fourth-order valence-electron chi connectivity index (χ4n) is 1.84. The summed E-state index contributed by atoms with van der Waals surface area (Å²) in [6, 6.07) is 0. The molecule has 1 unspecified atom stereocenters. The molecular weight excluding hydrogens is 188 g/mol. The molecule has 86 valence electrons. The number of cyclic esters (lactones) is 1.